The van der Waals surface area contributed by atoms with Crippen molar-refractivity contribution >= 4 is 17.5 Å². The zero-order valence-electron chi connectivity index (χ0n) is 16.8. The molecule has 1 heterocycles. The summed E-state index contributed by atoms with van der Waals surface area (Å²) in [7, 11) is 2.90. The summed E-state index contributed by atoms with van der Waals surface area (Å²) in [4.78, 5) is 39.4. The number of rotatable bonds is 5. The van der Waals surface area contributed by atoms with E-state index in [-0.39, 0.29) is 18.4 Å². The standard InChI is InChI=1S/C21H21F2N3O4/c1-21(12-13-7-9-14(22)10-8-13)20(28)24(2)18(19(27)25(21)3)11-15-16(23)5-4-6-17(15)26(29)30/h4-10,18H,11-12H2,1-3H3. The maximum atomic E-state index is 14.3. The Labute approximate surface area is 172 Å². The topological polar surface area (TPSA) is 83.8 Å². The van der Waals surface area contributed by atoms with E-state index in [9.17, 15) is 28.5 Å². The predicted molar refractivity (Wildman–Crippen MR) is 105 cm³/mol. The van der Waals surface area contributed by atoms with Crippen molar-refractivity contribution in [2.45, 2.75) is 31.3 Å². The van der Waals surface area contributed by atoms with E-state index in [1.165, 1.54) is 42.1 Å². The second-order valence-electron chi connectivity index (χ2n) is 7.60. The molecule has 1 fully saturated rings. The molecular weight excluding hydrogens is 396 g/mol. The van der Waals surface area contributed by atoms with Gasteiger partial charge in [-0.3, -0.25) is 19.7 Å². The minimum atomic E-state index is -1.23. The molecule has 9 heteroatoms. The number of nitro benzene ring substituents is 1. The SMILES string of the molecule is CN1C(=O)C(C)(Cc2ccc(F)cc2)N(C)C(=O)C1Cc1c(F)cccc1[N+](=O)[O-]. The Balaban J connectivity index is 1.92. The van der Waals surface area contributed by atoms with E-state index in [0.717, 1.165) is 12.1 Å². The zero-order chi connectivity index (χ0) is 22.2. The minimum Gasteiger partial charge on any atom is -0.331 e. The highest BCUT2D eigenvalue weighted by atomic mass is 19.1. The molecule has 2 amide bonds. The number of nitro groups is 1. The maximum Gasteiger partial charge on any atom is 0.275 e. The molecule has 1 aliphatic rings. The van der Waals surface area contributed by atoms with Crippen LogP contribution in [0, 0.1) is 21.7 Å². The molecule has 7 nitrogen and oxygen atoms in total. The van der Waals surface area contributed by atoms with E-state index < -0.39 is 45.6 Å². The van der Waals surface area contributed by atoms with Crippen molar-refractivity contribution in [2.75, 3.05) is 14.1 Å². The molecule has 2 aromatic rings. The smallest absolute Gasteiger partial charge is 0.275 e. The molecule has 3 rings (SSSR count). The van der Waals surface area contributed by atoms with Crippen LogP contribution in [0.1, 0.15) is 18.1 Å². The Morgan fingerprint density at radius 3 is 2.33 bits per heavy atom. The van der Waals surface area contributed by atoms with Crippen LogP contribution < -0.4 is 0 Å². The fraction of sp³-hybridized carbons (Fsp3) is 0.333. The number of piperazine rings is 1. The fourth-order valence-corrected chi connectivity index (χ4v) is 3.83. The van der Waals surface area contributed by atoms with Crippen molar-refractivity contribution in [3.05, 3.63) is 75.3 Å². The van der Waals surface area contributed by atoms with Crippen molar-refractivity contribution in [1.29, 1.82) is 0 Å². The fourth-order valence-electron chi connectivity index (χ4n) is 3.83. The summed E-state index contributed by atoms with van der Waals surface area (Å²) in [5.74, 6) is -2.07. The Hall–Kier alpha value is -3.36. The minimum absolute atomic E-state index is 0.158. The highest BCUT2D eigenvalue weighted by Crippen LogP contribution is 2.32. The normalized spacial score (nSPS) is 21.8. The molecule has 0 aromatic heterocycles. The van der Waals surface area contributed by atoms with Gasteiger partial charge in [0.1, 0.15) is 23.2 Å². The number of halogens is 2. The number of hydrogen-bond acceptors (Lipinski definition) is 4. The first-order chi connectivity index (χ1) is 14.1. The van der Waals surface area contributed by atoms with E-state index in [4.69, 9.17) is 0 Å². The highest BCUT2D eigenvalue weighted by Gasteiger charge is 2.51. The van der Waals surface area contributed by atoms with E-state index in [0.29, 0.717) is 5.56 Å². The van der Waals surface area contributed by atoms with Gasteiger partial charge in [0.05, 0.1) is 10.5 Å². The summed E-state index contributed by atoms with van der Waals surface area (Å²) in [6.07, 6.45) is -0.160. The van der Waals surface area contributed by atoms with E-state index in [2.05, 4.69) is 0 Å². The van der Waals surface area contributed by atoms with Crippen molar-refractivity contribution in [3.63, 3.8) is 0 Å². The third-order valence-corrected chi connectivity index (χ3v) is 5.75. The van der Waals surface area contributed by atoms with Crippen molar-refractivity contribution in [2.24, 2.45) is 0 Å². The number of hydrogen-bond donors (Lipinski definition) is 0. The number of carbonyl (C=O) groups is 2. The monoisotopic (exact) mass is 417 g/mol. The lowest BCUT2D eigenvalue weighted by molar-refractivity contribution is -0.385. The van der Waals surface area contributed by atoms with Crippen LogP contribution in [0.25, 0.3) is 0 Å². The van der Waals surface area contributed by atoms with Gasteiger partial charge < -0.3 is 9.80 Å². The number of carbonyl (C=O) groups excluding carboxylic acids is 2. The van der Waals surface area contributed by atoms with Crippen molar-refractivity contribution in [1.82, 2.24) is 9.80 Å². The molecule has 2 unspecified atom stereocenters. The third kappa shape index (κ3) is 3.62. The molecule has 1 saturated heterocycles. The molecule has 0 radical (unpaired) electrons. The van der Waals surface area contributed by atoms with Crippen molar-refractivity contribution < 1.29 is 23.3 Å². The average molecular weight is 417 g/mol. The van der Waals surface area contributed by atoms with Gasteiger partial charge in [0.15, 0.2) is 0 Å². The van der Waals surface area contributed by atoms with Crippen LogP contribution in [-0.4, -0.2) is 52.2 Å². The van der Waals surface area contributed by atoms with Crippen LogP contribution in [-0.2, 0) is 22.4 Å². The molecule has 158 valence electrons. The molecular formula is C21H21F2N3O4. The Morgan fingerprint density at radius 1 is 1.10 bits per heavy atom. The van der Waals surface area contributed by atoms with Gasteiger partial charge in [0.25, 0.3) is 5.69 Å². The summed E-state index contributed by atoms with van der Waals surface area (Å²) < 4.78 is 27.5. The molecule has 1 aliphatic heterocycles. The van der Waals surface area contributed by atoms with Crippen LogP contribution in [0.15, 0.2) is 42.5 Å². The first-order valence-corrected chi connectivity index (χ1v) is 9.27. The van der Waals surface area contributed by atoms with Crippen LogP contribution >= 0.6 is 0 Å². The Morgan fingerprint density at radius 2 is 1.73 bits per heavy atom. The van der Waals surface area contributed by atoms with E-state index in [1.54, 1.807) is 19.1 Å². The third-order valence-electron chi connectivity index (χ3n) is 5.75. The number of benzene rings is 2. The first-order valence-electron chi connectivity index (χ1n) is 9.27. The van der Waals surface area contributed by atoms with Crippen LogP contribution in [0.3, 0.4) is 0 Å². The molecule has 0 spiro atoms. The maximum absolute atomic E-state index is 14.3. The Kier molecular flexibility index (Phi) is 5.56. The van der Waals surface area contributed by atoms with E-state index in [1.807, 2.05) is 0 Å². The quantitative estimate of drug-likeness (QED) is 0.553. The predicted octanol–water partition coefficient (Wildman–Crippen LogP) is 2.72. The summed E-state index contributed by atoms with van der Waals surface area (Å²) >= 11 is 0. The van der Waals surface area contributed by atoms with Crippen LogP contribution in [0.5, 0.6) is 0 Å². The van der Waals surface area contributed by atoms with Gasteiger partial charge in [0, 0.05) is 33.0 Å². The molecule has 0 aliphatic carbocycles. The average Bonchev–Trinajstić information content (AvgIpc) is 2.71. The highest BCUT2D eigenvalue weighted by molar-refractivity contribution is 5.99. The van der Waals surface area contributed by atoms with Gasteiger partial charge >= 0.3 is 0 Å². The van der Waals surface area contributed by atoms with Crippen LogP contribution in [0.4, 0.5) is 14.5 Å². The summed E-state index contributed by atoms with van der Waals surface area (Å²) in [6, 6.07) is 8.02. The summed E-state index contributed by atoms with van der Waals surface area (Å²) in [5, 5.41) is 11.3. The molecule has 0 saturated carbocycles. The van der Waals surface area contributed by atoms with E-state index >= 15 is 0 Å². The van der Waals surface area contributed by atoms with Crippen LogP contribution in [0.2, 0.25) is 0 Å². The molecule has 0 bridgehead atoms. The number of nitrogens with zero attached hydrogens (tertiary/aromatic N) is 3. The second kappa shape index (κ2) is 7.81. The molecule has 0 N–H and O–H groups in total. The largest absolute Gasteiger partial charge is 0.331 e. The van der Waals surface area contributed by atoms with Gasteiger partial charge in [-0.05, 0) is 30.7 Å². The summed E-state index contributed by atoms with van der Waals surface area (Å²) in [5.41, 5.74) is -1.23. The van der Waals surface area contributed by atoms with Gasteiger partial charge in [-0.15, -0.1) is 0 Å². The van der Waals surface area contributed by atoms with Gasteiger partial charge in [-0.2, -0.15) is 0 Å². The van der Waals surface area contributed by atoms with Crippen molar-refractivity contribution in [3.8, 4) is 0 Å². The second-order valence-corrected chi connectivity index (χ2v) is 7.60. The first kappa shape index (κ1) is 21.4. The summed E-state index contributed by atoms with van der Waals surface area (Å²) in [6.45, 7) is 1.61. The van der Waals surface area contributed by atoms with Gasteiger partial charge in [-0.1, -0.05) is 18.2 Å². The molecule has 2 aromatic carbocycles. The Bertz CT molecular complexity index is 1010. The lowest BCUT2D eigenvalue weighted by atomic mass is 9.85. The van der Waals surface area contributed by atoms with Gasteiger partial charge in [0.2, 0.25) is 11.8 Å². The lowest BCUT2D eigenvalue weighted by Crippen LogP contribution is -2.69. The molecule has 2 atom stereocenters. The molecule has 30 heavy (non-hydrogen) atoms. The zero-order valence-corrected chi connectivity index (χ0v) is 16.8. The number of likely N-dealkylation sites (N-methyl/N-ethyl adjacent to an activating group) is 2. The lowest BCUT2D eigenvalue weighted by Gasteiger charge is -2.48. The number of amides is 2. The van der Waals surface area contributed by atoms with Gasteiger partial charge in [-0.25, -0.2) is 8.78 Å².